The molecule has 3 unspecified atom stereocenters. The van der Waals surface area contributed by atoms with E-state index in [1.165, 1.54) is 0 Å². The highest BCUT2D eigenvalue weighted by Crippen LogP contribution is 2.41. The number of carboxylic acids is 1. The summed E-state index contributed by atoms with van der Waals surface area (Å²) in [6.45, 7) is 0.537. The van der Waals surface area contributed by atoms with E-state index in [0.29, 0.717) is 13.0 Å². The van der Waals surface area contributed by atoms with E-state index in [1.807, 2.05) is 12.1 Å². The first-order valence-corrected chi connectivity index (χ1v) is 6.25. The van der Waals surface area contributed by atoms with Crippen molar-refractivity contribution in [3.8, 4) is 0 Å². The van der Waals surface area contributed by atoms with E-state index >= 15 is 0 Å². The lowest BCUT2D eigenvalue weighted by molar-refractivity contribution is -0.138. The molecule has 0 bridgehead atoms. The standard InChI is InChI=1S/C13H15N3O3/c1-15-11(8-3-2-4-14-6-8)7-16(13(15)19)10-5-9(10)12(17)18/h2-4,6,9-11H,5,7H2,1H3,(H,17,18). The molecule has 19 heavy (non-hydrogen) atoms. The third-order valence-electron chi connectivity index (χ3n) is 3.93. The van der Waals surface area contributed by atoms with Crippen molar-refractivity contribution in [3.05, 3.63) is 30.1 Å². The lowest BCUT2D eigenvalue weighted by Gasteiger charge is -2.17. The minimum Gasteiger partial charge on any atom is -0.481 e. The van der Waals surface area contributed by atoms with Gasteiger partial charge in [-0.3, -0.25) is 9.78 Å². The summed E-state index contributed by atoms with van der Waals surface area (Å²) in [5, 5.41) is 8.96. The first kappa shape index (κ1) is 12.0. The van der Waals surface area contributed by atoms with Crippen LogP contribution in [0.2, 0.25) is 0 Å². The first-order valence-electron chi connectivity index (χ1n) is 6.25. The van der Waals surface area contributed by atoms with Crippen LogP contribution in [-0.2, 0) is 4.79 Å². The quantitative estimate of drug-likeness (QED) is 0.879. The predicted octanol–water partition coefficient (Wildman–Crippen LogP) is 0.963. The second-order valence-corrected chi connectivity index (χ2v) is 5.10. The average Bonchev–Trinajstić information content (AvgIpc) is 3.15. The van der Waals surface area contributed by atoms with Gasteiger partial charge in [0.25, 0.3) is 0 Å². The number of aliphatic carboxylic acids is 1. The van der Waals surface area contributed by atoms with Gasteiger partial charge in [-0.05, 0) is 18.1 Å². The molecule has 1 aliphatic heterocycles. The van der Waals surface area contributed by atoms with Gasteiger partial charge in [0, 0.05) is 32.0 Å². The zero-order valence-electron chi connectivity index (χ0n) is 10.6. The Labute approximate surface area is 110 Å². The van der Waals surface area contributed by atoms with Gasteiger partial charge in [-0.15, -0.1) is 0 Å². The number of likely N-dealkylation sites (N-methyl/N-ethyl adjacent to an activating group) is 1. The van der Waals surface area contributed by atoms with Crippen LogP contribution in [0.5, 0.6) is 0 Å². The van der Waals surface area contributed by atoms with Gasteiger partial charge in [-0.25, -0.2) is 4.79 Å². The van der Waals surface area contributed by atoms with E-state index in [-0.39, 0.29) is 18.1 Å². The van der Waals surface area contributed by atoms with Crippen molar-refractivity contribution >= 4 is 12.0 Å². The molecule has 2 heterocycles. The first-order chi connectivity index (χ1) is 9.09. The van der Waals surface area contributed by atoms with Crippen molar-refractivity contribution in [2.24, 2.45) is 5.92 Å². The molecule has 2 fully saturated rings. The van der Waals surface area contributed by atoms with Gasteiger partial charge in [0.2, 0.25) is 0 Å². The van der Waals surface area contributed by atoms with Crippen LogP contribution < -0.4 is 0 Å². The number of aromatic nitrogens is 1. The molecule has 2 aliphatic rings. The van der Waals surface area contributed by atoms with Crippen LogP contribution >= 0.6 is 0 Å². The second-order valence-electron chi connectivity index (χ2n) is 5.10. The van der Waals surface area contributed by atoms with E-state index in [0.717, 1.165) is 5.56 Å². The fraction of sp³-hybridized carbons (Fsp3) is 0.462. The van der Waals surface area contributed by atoms with Gasteiger partial charge in [-0.1, -0.05) is 6.07 Å². The topological polar surface area (TPSA) is 73.7 Å². The molecular weight excluding hydrogens is 246 g/mol. The Morgan fingerprint density at radius 3 is 2.89 bits per heavy atom. The van der Waals surface area contributed by atoms with Gasteiger partial charge in [0.1, 0.15) is 0 Å². The van der Waals surface area contributed by atoms with Gasteiger partial charge in [0.05, 0.1) is 12.0 Å². The van der Waals surface area contributed by atoms with E-state index in [1.54, 1.807) is 29.2 Å². The fourth-order valence-corrected chi connectivity index (χ4v) is 2.69. The van der Waals surface area contributed by atoms with Crippen molar-refractivity contribution in [2.45, 2.75) is 18.5 Å². The second kappa shape index (κ2) is 4.22. The Bertz CT molecular complexity index is 519. The molecule has 0 radical (unpaired) electrons. The Kier molecular flexibility index (Phi) is 2.66. The van der Waals surface area contributed by atoms with Crippen molar-refractivity contribution in [1.82, 2.24) is 14.8 Å². The maximum absolute atomic E-state index is 12.2. The molecule has 0 aromatic carbocycles. The van der Waals surface area contributed by atoms with Crippen LogP contribution in [0, 0.1) is 5.92 Å². The Morgan fingerprint density at radius 1 is 1.53 bits per heavy atom. The fourth-order valence-electron chi connectivity index (χ4n) is 2.69. The van der Waals surface area contributed by atoms with E-state index in [4.69, 9.17) is 5.11 Å². The minimum absolute atomic E-state index is 0.0451. The van der Waals surface area contributed by atoms with Crippen LogP contribution in [0.4, 0.5) is 4.79 Å². The Morgan fingerprint density at radius 2 is 2.32 bits per heavy atom. The van der Waals surface area contributed by atoms with Crippen molar-refractivity contribution < 1.29 is 14.7 Å². The molecule has 1 aromatic rings. The zero-order chi connectivity index (χ0) is 13.6. The summed E-state index contributed by atoms with van der Waals surface area (Å²) in [7, 11) is 1.75. The predicted molar refractivity (Wildman–Crippen MR) is 66.4 cm³/mol. The number of carbonyl (C=O) groups excluding carboxylic acids is 1. The summed E-state index contributed by atoms with van der Waals surface area (Å²) in [6.07, 6.45) is 4.01. The molecule has 1 N–H and O–H groups in total. The minimum atomic E-state index is -0.815. The number of carbonyl (C=O) groups is 2. The maximum atomic E-state index is 12.2. The molecule has 1 aliphatic carbocycles. The average molecular weight is 261 g/mol. The van der Waals surface area contributed by atoms with Crippen LogP contribution in [0.1, 0.15) is 18.0 Å². The van der Waals surface area contributed by atoms with Gasteiger partial charge in [-0.2, -0.15) is 0 Å². The molecule has 0 spiro atoms. The molecule has 3 atom stereocenters. The normalized spacial score (nSPS) is 29.7. The van der Waals surface area contributed by atoms with E-state index < -0.39 is 11.9 Å². The van der Waals surface area contributed by atoms with E-state index in [2.05, 4.69) is 4.98 Å². The highest BCUT2D eigenvalue weighted by atomic mass is 16.4. The number of amides is 2. The Balaban J connectivity index is 1.77. The van der Waals surface area contributed by atoms with Crippen LogP contribution in [0.15, 0.2) is 24.5 Å². The third kappa shape index (κ3) is 1.93. The molecule has 100 valence electrons. The highest BCUT2D eigenvalue weighted by molar-refractivity contribution is 5.81. The highest BCUT2D eigenvalue weighted by Gasteiger charge is 2.52. The third-order valence-corrected chi connectivity index (χ3v) is 3.93. The molecule has 2 amide bonds. The summed E-state index contributed by atoms with van der Waals surface area (Å²) in [5.74, 6) is -1.21. The van der Waals surface area contributed by atoms with Gasteiger partial charge < -0.3 is 14.9 Å². The van der Waals surface area contributed by atoms with Crippen molar-refractivity contribution in [2.75, 3.05) is 13.6 Å². The lowest BCUT2D eigenvalue weighted by Crippen LogP contribution is -2.33. The zero-order valence-corrected chi connectivity index (χ0v) is 10.6. The lowest BCUT2D eigenvalue weighted by atomic mass is 10.1. The van der Waals surface area contributed by atoms with Crippen LogP contribution in [0.3, 0.4) is 0 Å². The smallest absolute Gasteiger partial charge is 0.320 e. The monoisotopic (exact) mass is 261 g/mol. The Hall–Kier alpha value is -2.11. The number of hydrogen-bond donors (Lipinski definition) is 1. The summed E-state index contributed by atoms with van der Waals surface area (Å²) >= 11 is 0. The SMILES string of the molecule is CN1C(=O)N(C2CC2C(=O)O)CC1c1cccnc1. The number of pyridine rings is 1. The molecule has 3 rings (SSSR count). The molecule has 1 saturated heterocycles. The number of carboxylic acid groups (broad SMARTS) is 1. The molecule has 1 aromatic heterocycles. The summed E-state index contributed by atoms with van der Waals surface area (Å²) in [5.41, 5.74) is 0.980. The summed E-state index contributed by atoms with van der Waals surface area (Å²) in [6, 6.07) is 3.49. The summed E-state index contributed by atoms with van der Waals surface area (Å²) < 4.78 is 0. The van der Waals surface area contributed by atoms with Crippen LogP contribution in [0.25, 0.3) is 0 Å². The number of hydrogen-bond acceptors (Lipinski definition) is 3. The van der Waals surface area contributed by atoms with E-state index in [9.17, 15) is 9.59 Å². The van der Waals surface area contributed by atoms with Gasteiger partial charge in [0.15, 0.2) is 0 Å². The molecule has 1 saturated carbocycles. The number of urea groups is 1. The molecule has 6 heteroatoms. The number of rotatable bonds is 3. The van der Waals surface area contributed by atoms with Crippen LogP contribution in [-0.4, -0.2) is 51.5 Å². The van der Waals surface area contributed by atoms with Gasteiger partial charge >= 0.3 is 12.0 Å². The molecule has 6 nitrogen and oxygen atoms in total. The summed E-state index contributed by atoms with van der Waals surface area (Å²) in [4.78, 5) is 30.5. The van der Waals surface area contributed by atoms with Crippen molar-refractivity contribution in [1.29, 1.82) is 0 Å². The number of nitrogens with zero attached hydrogens (tertiary/aromatic N) is 3. The molecular formula is C13H15N3O3. The maximum Gasteiger partial charge on any atom is 0.320 e. The largest absolute Gasteiger partial charge is 0.481 e. The van der Waals surface area contributed by atoms with Crippen molar-refractivity contribution in [3.63, 3.8) is 0 Å².